The van der Waals surface area contributed by atoms with Gasteiger partial charge in [-0.1, -0.05) is 0 Å². The highest BCUT2D eigenvalue weighted by Crippen LogP contribution is 2.25. The van der Waals surface area contributed by atoms with Crippen LogP contribution in [-0.4, -0.2) is 74.0 Å². The Labute approximate surface area is 221 Å². The van der Waals surface area contributed by atoms with Crippen molar-refractivity contribution in [2.75, 3.05) is 32.8 Å². The molecule has 0 amide bonds. The molecule has 2 aromatic heterocycles. The van der Waals surface area contributed by atoms with E-state index in [4.69, 9.17) is 25.8 Å². The van der Waals surface area contributed by atoms with Gasteiger partial charge >= 0.3 is 5.97 Å². The standard InChI is InChI=1S/C14H15NO6S.C11H8ClNO3/c1-20-9-3-4-10-11(8-15-12(10)7-9)13(16)14(17)21-5-6-22(2,18)19;1-16-6-2-3-7-8(10(14)11(12)15)5-13-9(7)4-6/h3-4,7-8,15H,5-6H2,1-2H3;2-5,13H,1H3. The van der Waals surface area contributed by atoms with Crippen molar-refractivity contribution in [1.82, 2.24) is 9.97 Å². The van der Waals surface area contributed by atoms with Crippen LogP contribution in [0.2, 0.25) is 0 Å². The Morgan fingerprint density at radius 3 is 1.71 bits per heavy atom. The molecule has 0 saturated carbocycles. The summed E-state index contributed by atoms with van der Waals surface area (Å²) in [5.41, 5.74) is 1.81. The number of carbonyl (C=O) groups is 4. The lowest BCUT2D eigenvalue weighted by Gasteiger charge is -2.03. The molecule has 0 aliphatic rings. The molecule has 2 aromatic carbocycles. The SMILES string of the molecule is COc1ccc2c(C(=O)C(=O)Cl)c[nH]c2c1.COc1ccc2c(C(=O)C(=O)OCCS(C)(=O)=O)c[nH]c2c1. The van der Waals surface area contributed by atoms with Crippen molar-refractivity contribution >= 4 is 66.0 Å². The Balaban J connectivity index is 0.000000221. The number of methoxy groups -OCH3 is 2. The Morgan fingerprint density at radius 2 is 1.29 bits per heavy atom. The largest absolute Gasteiger partial charge is 0.497 e. The minimum absolute atomic E-state index is 0.169. The monoisotopic (exact) mass is 562 g/mol. The van der Waals surface area contributed by atoms with E-state index in [0.29, 0.717) is 27.8 Å². The lowest BCUT2D eigenvalue weighted by Crippen LogP contribution is -2.21. The number of aromatic nitrogens is 2. The molecule has 0 saturated heterocycles. The van der Waals surface area contributed by atoms with Crippen molar-refractivity contribution in [1.29, 1.82) is 0 Å². The number of nitrogens with one attached hydrogen (secondary N) is 2. The second-order valence-corrected chi connectivity index (χ2v) is 10.5. The van der Waals surface area contributed by atoms with Gasteiger partial charge in [0, 0.05) is 52.6 Å². The molecule has 0 radical (unpaired) electrons. The molecule has 0 bridgehead atoms. The summed E-state index contributed by atoms with van der Waals surface area (Å²) in [5.74, 6) is -1.66. The number of ketones is 2. The number of carbonyl (C=O) groups excluding carboxylic acids is 4. The Kier molecular flexibility index (Phi) is 8.92. The van der Waals surface area contributed by atoms with Gasteiger partial charge in [0.05, 0.1) is 31.1 Å². The van der Waals surface area contributed by atoms with Crippen molar-refractivity contribution in [2.45, 2.75) is 0 Å². The van der Waals surface area contributed by atoms with Gasteiger partial charge in [0.1, 0.15) is 18.1 Å². The number of ether oxygens (including phenoxy) is 3. The Morgan fingerprint density at radius 1 is 0.816 bits per heavy atom. The van der Waals surface area contributed by atoms with E-state index in [2.05, 4.69) is 9.97 Å². The van der Waals surface area contributed by atoms with Crippen LogP contribution in [0.15, 0.2) is 48.8 Å². The topological polar surface area (TPSA) is 162 Å². The summed E-state index contributed by atoms with van der Waals surface area (Å²) in [6.07, 6.45) is 3.90. The van der Waals surface area contributed by atoms with E-state index in [9.17, 15) is 27.6 Å². The zero-order chi connectivity index (χ0) is 28.0. The van der Waals surface area contributed by atoms with Gasteiger partial charge in [0.2, 0.25) is 5.78 Å². The number of hydrogen-bond acceptors (Lipinski definition) is 9. The number of fused-ring (bicyclic) bond motifs is 2. The molecule has 0 spiro atoms. The maximum Gasteiger partial charge on any atom is 0.379 e. The normalized spacial score (nSPS) is 10.9. The van der Waals surface area contributed by atoms with Gasteiger partial charge in [-0.2, -0.15) is 0 Å². The molecule has 0 aliphatic carbocycles. The molecule has 0 fully saturated rings. The first kappa shape index (κ1) is 28.4. The summed E-state index contributed by atoms with van der Waals surface area (Å²) < 4.78 is 36.7. The maximum atomic E-state index is 12.1. The number of sulfone groups is 1. The number of rotatable bonds is 9. The first-order valence-electron chi connectivity index (χ1n) is 10.9. The lowest BCUT2D eigenvalue weighted by molar-refractivity contribution is -0.137. The average Bonchev–Trinajstić information content (AvgIpc) is 3.50. The predicted molar refractivity (Wildman–Crippen MR) is 140 cm³/mol. The molecule has 0 aliphatic heterocycles. The van der Waals surface area contributed by atoms with Crippen LogP contribution in [-0.2, 0) is 24.2 Å². The number of H-pyrrole nitrogens is 2. The van der Waals surface area contributed by atoms with Gasteiger partial charge in [-0.15, -0.1) is 0 Å². The van der Waals surface area contributed by atoms with E-state index in [1.54, 1.807) is 43.5 Å². The fraction of sp³-hybridized carbons (Fsp3) is 0.200. The summed E-state index contributed by atoms with van der Waals surface area (Å²) in [6.45, 7) is -0.348. The van der Waals surface area contributed by atoms with Crippen LogP contribution in [0.5, 0.6) is 11.5 Å². The first-order valence-corrected chi connectivity index (χ1v) is 13.3. The van der Waals surface area contributed by atoms with Gasteiger partial charge in [0.25, 0.3) is 11.0 Å². The van der Waals surface area contributed by atoms with E-state index in [-0.39, 0.29) is 23.5 Å². The maximum absolute atomic E-state index is 12.1. The lowest BCUT2D eigenvalue weighted by atomic mass is 10.1. The number of aromatic amines is 2. The van der Waals surface area contributed by atoms with Crippen molar-refractivity contribution < 1.29 is 41.8 Å². The summed E-state index contributed by atoms with van der Waals surface area (Å²) in [4.78, 5) is 51.7. The second kappa shape index (κ2) is 11.9. The summed E-state index contributed by atoms with van der Waals surface area (Å²) in [7, 11) is -0.173. The van der Waals surface area contributed by atoms with Gasteiger partial charge in [-0.3, -0.25) is 14.4 Å². The van der Waals surface area contributed by atoms with Crippen LogP contribution in [0.4, 0.5) is 0 Å². The van der Waals surface area contributed by atoms with Crippen LogP contribution < -0.4 is 9.47 Å². The smallest absolute Gasteiger partial charge is 0.379 e. The number of benzene rings is 2. The molecular formula is C25H23ClN2O9S. The van der Waals surface area contributed by atoms with Crippen LogP contribution in [0, 0.1) is 0 Å². The summed E-state index contributed by atoms with van der Waals surface area (Å²) in [6, 6.07) is 10.2. The van der Waals surface area contributed by atoms with Crippen LogP contribution in [0.3, 0.4) is 0 Å². The van der Waals surface area contributed by atoms with E-state index < -0.39 is 32.6 Å². The van der Waals surface area contributed by atoms with Crippen LogP contribution in [0.1, 0.15) is 20.7 Å². The highest BCUT2D eigenvalue weighted by Gasteiger charge is 2.22. The second-order valence-electron chi connectivity index (χ2n) is 7.93. The van der Waals surface area contributed by atoms with Gasteiger partial charge < -0.3 is 24.2 Å². The quantitative estimate of drug-likeness (QED) is 0.135. The molecule has 200 valence electrons. The van der Waals surface area contributed by atoms with Crippen LogP contribution in [0.25, 0.3) is 21.8 Å². The van der Waals surface area contributed by atoms with Crippen molar-refractivity contribution in [3.05, 3.63) is 59.9 Å². The van der Waals surface area contributed by atoms with Crippen molar-refractivity contribution in [3.8, 4) is 11.5 Å². The fourth-order valence-electron chi connectivity index (χ4n) is 3.41. The summed E-state index contributed by atoms with van der Waals surface area (Å²) >= 11 is 5.15. The predicted octanol–water partition coefficient (Wildman–Crippen LogP) is 3.07. The number of halogens is 1. The number of esters is 1. The minimum atomic E-state index is -3.25. The summed E-state index contributed by atoms with van der Waals surface area (Å²) in [5, 5.41) is 0.224. The van der Waals surface area contributed by atoms with Crippen molar-refractivity contribution in [2.24, 2.45) is 0 Å². The third-order valence-electron chi connectivity index (χ3n) is 5.32. The third kappa shape index (κ3) is 6.78. The highest BCUT2D eigenvalue weighted by molar-refractivity contribution is 7.90. The van der Waals surface area contributed by atoms with E-state index >= 15 is 0 Å². The fourth-order valence-corrected chi connectivity index (χ4v) is 3.90. The first-order chi connectivity index (χ1) is 17.9. The van der Waals surface area contributed by atoms with E-state index in [1.165, 1.54) is 19.5 Å². The Hall–Kier alpha value is -4.16. The van der Waals surface area contributed by atoms with Gasteiger partial charge in [-0.25, -0.2) is 13.2 Å². The molecule has 0 atom stereocenters. The molecule has 2 heterocycles. The molecule has 4 aromatic rings. The molecular weight excluding hydrogens is 540 g/mol. The minimum Gasteiger partial charge on any atom is -0.497 e. The third-order valence-corrected chi connectivity index (χ3v) is 6.40. The molecule has 0 unspecified atom stereocenters. The molecule has 13 heteroatoms. The molecule has 38 heavy (non-hydrogen) atoms. The highest BCUT2D eigenvalue weighted by atomic mass is 35.5. The zero-order valence-corrected chi connectivity index (χ0v) is 22.1. The zero-order valence-electron chi connectivity index (χ0n) is 20.5. The Bertz CT molecular complexity index is 1640. The number of hydrogen-bond donors (Lipinski definition) is 2. The average molecular weight is 563 g/mol. The molecule has 4 rings (SSSR count). The van der Waals surface area contributed by atoms with E-state index in [1.807, 2.05) is 0 Å². The number of Topliss-reactive ketones (excluding diaryl/α,β-unsaturated/α-hetero) is 2. The van der Waals surface area contributed by atoms with Crippen LogP contribution >= 0.6 is 11.6 Å². The van der Waals surface area contributed by atoms with Crippen molar-refractivity contribution in [3.63, 3.8) is 0 Å². The van der Waals surface area contributed by atoms with E-state index in [0.717, 1.165) is 11.8 Å². The molecule has 11 nitrogen and oxygen atoms in total. The molecule has 2 N–H and O–H groups in total. The van der Waals surface area contributed by atoms with Gasteiger partial charge in [-0.05, 0) is 35.9 Å². The van der Waals surface area contributed by atoms with Gasteiger partial charge in [0.15, 0.2) is 9.84 Å².